The van der Waals surface area contributed by atoms with Crippen molar-refractivity contribution in [3.8, 4) is 5.69 Å². The highest BCUT2D eigenvalue weighted by atomic mass is 19.1. The van der Waals surface area contributed by atoms with Gasteiger partial charge in [0.05, 0.1) is 17.8 Å². The smallest absolute Gasteiger partial charge is 0.308 e. The second kappa shape index (κ2) is 5.79. The van der Waals surface area contributed by atoms with E-state index in [1.807, 2.05) is 0 Å². The van der Waals surface area contributed by atoms with Crippen molar-refractivity contribution in [1.82, 2.24) is 19.9 Å². The van der Waals surface area contributed by atoms with Crippen LogP contribution >= 0.6 is 0 Å². The van der Waals surface area contributed by atoms with Crippen LogP contribution in [0.25, 0.3) is 5.69 Å². The SMILES string of the molecule is CC1C(C(=O)O)CCN1C(=O)c1cnn(-c2ccc(F)cc2)n1. The fourth-order valence-corrected chi connectivity index (χ4v) is 2.76. The Morgan fingerprint density at radius 3 is 2.61 bits per heavy atom. The van der Waals surface area contributed by atoms with Crippen LogP contribution in [0.5, 0.6) is 0 Å². The first kappa shape index (κ1) is 15.1. The lowest BCUT2D eigenvalue weighted by atomic mass is 10.0. The molecule has 0 saturated carbocycles. The third-order valence-electron chi connectivity index (χ3n) is 4.10. The van der Waals surface area contributed by atoms with E-state index in [-0.39, 0.29) is 17.4 Å². The van der Waals surface area contributed by atoms with Crippen molar-refractivity contribution >= 4 is 11.9 Å². The first-order valence-electron chi connectivity index (χ1n) is 7.19. The van der Waals surface area contributed by atoms with Gasteiger partial charge in [-0.1, -0.05) is 0 Å². The molecule has 8 heteroatoms. The number of rotatable bonds is 3. The molecule has 2 heterocycles. The number of hydrogen-bond acceptors (Lipinski definition) is 4. The maximum atomic E-state index is 12.9. The summed E-state index contributed by atoms with van der Waals surface area (Å²) < 4.78 is 12.9. The number of carbonyl (C=O) groups is 2. The largest absolute Gasteiger partial charge is 0.481 e. The number of hydrogen-bond donors (Lipinski definition) is 1. The number of halogens is 1. The van der Waals surface area contributed by atoms with E-state index in [9.17, 15) is 14.0 Å². The Morgan fingerprint density at radius 2 is 2.00 bits per heavy atom. The molecule has 1 aliphatic heterocycles. The van der Waals surface area contributed by atoms with Gasteiger partial charge in [-0.3, -0.25) is 9.59 Å². The van der Waals surface area contributed by atoms with Crippen LogP contribution in [0.1, 0.15) is 23.8 Å². The van der Waals surface area contributed by atoms with Crippen LogP contribution in [0.15, 0.2) is 30.5 Å². The number of benzene rings is 1. The van der Waals surface area contributed by atoms with Gasteiger partial charge in [0.25, 0.3) is 5.91 Å². The molecule has 3 rings (SSSR count). The highest BCUT2D eigenvalue weighted by Gasteiger charge is 2.39. The third-order valence-corrected chi connectivity index (χ3v) is 4.10. The van der Waals surface area contributed by atoms with E-state index in [1.165, 1.54) is 40.2 Å². The predicted octanol–water partition coefficient (Wildman–Crippen LogP) is 1.34. The Balaban J connectivity index is 1.79. The van der Waals surface area contributed by atoms with Crippen LogP contribution in [0.4, 0.5) is 4.39 Å². The van der Waals surface area contributed by atoms with E-state index in [0.717, 1.165) is 0 Å². The fourth-order valence-electron chi connectivity index (χ4n) is 2.76. The van der Waals surface area contributed by atoms with Crippen molar-refractivity contribution < 1.29 is 19.1 Å². The lowest BCUT2D eigenvalue weighted by Crippen LogP contribution is -2.37. The first-order valence-corrected chi connectivity index (χ1v) is 7.19. The lowest BCUT2D eigenvalue weighted by molar-refractivity contribution is -0.142. The summed E-state index contributed by atoms with van der Waals surface area (Å²) in [5.41, 5.74) is 0.663. The van der Waals surface area contributed by atoms with E-state index in [4.69, 9.17) is 5.11 Å². The monoisotopic (exact) mass is 318 g/mol. The predicted molar refractivity (Wildman–Crippen MR) is 77.6 cm³/mol. The van der Waals surface area contributed by atoms with E-state index in [0.29, 0.717) is 18.7 Å². The van der Waals surface area contributed by atoms with Crippen LogP contribution in [-0.4, -0.2) is 49.5 Å². The van der Waals surface area contributed by atoms with Gasteiger partial charge in [-0.05, 0) is 37.6 Å². The molecule has 120 valence electrons. The van der Waals surface area contributed by atoms with Crippen molar-refractivity contribution in [2.45, 2.75) is 19.4 Å². The number of aliphatic carboxylic acids is 1. The van der Waals surface area contributed by atoms with Gasteiger partial charge in [-0.15, -0.1) is 5.10 Å². The minimum absolute atomic E-state index is 0.132. The molecular weight excluding hydrogens is 303 g/mol. The van der Waals surface area contributed by atoms with Gasteiger partial charge in [-0.25, -0.2) is 4.39 Å². The molecule has 0 bridgehead atoms. The second-order valence-corrected chi connectivity index (χ2v) is 5.47. The highest BCUT2D eigenvalue weighted by Crippen LogP contribution is 2.25. The zero-order valence-corrected chi connectivity index (χ0v) is 12.4. The summed E-state index contributed by atoms with van der Waals surface area (Å²) in [5, 5.41) is 17.2. The van der Waals surface area contributed by atoms with Crippen LogP contribution in [0.2, 0.25) is 0 Å². The van der Waals surface area contributed by atoms with Gasteiger partial charge in [0.1, 0.15) is 5.82 Å². The number of carboxylic acids is 1. The molecule has 2 atom stereocenters. The van der Waals surface area contributed by atoms with E-state index < -0.39 is 17.9 Å². The summed E-state index contributed by atoms with van der Waals surface area (Å²) in [5.74, 6) is -2.19. The molecule has 1 aromatic heterocycles. The number of carbonyl (C=O) groups excluding carboxylic acids is 1. The topological polar surface area (TPSA) is 88.3 Å². The van der Waals surface area contributed by atoms with Crippen molar-refractivity contribution in [2.75, 3.05) is 6.54 Å². The van der Waals surface area contributed by atoms with Crippen LogP contribution in [-0.2, 0) is 4.79 Å². The Kier molecular flexibility index (Phi) is 3.81. The van der Waals surface area contributed by atoms with Crippen LogP contribution in [0.3, 0.4) is 0 Å². The Morgan fingerprint density at radius 1 is 1.30 bits per heavy atom. The summed E-state index contributed by atoms with van der Waals surface area (Å²) in [7, 11) is 0. The molecule has 1 saturated heterocycles. The molecule has 23 heavy (non-hydrogen) atoms. The average molecular weight is 318 g/mol. The van der Waals surface area contributed by atoms with E-state index in [2.05, 4.69) is 10.2 Å². The Labute approximate surface area is 131 Å². The van der Waals surface area contributed by atoms with Gasteiger partial charge in [-0.2, -0.15) is 9.90 Å². The van der Waals surface area contributed by atoms with Crippen molar-refractivity contribution in [3.05, 3.63) is 42.0 Å². The number of likely N-dealkylation sites (tertiary alicyclic amines) is 1. The van der Waals surface area contributed by atoms with E-state index >= 15 is 0 Å². The zero-order valence-electron chi connectivity index (χ0n) is 12.4. The fraction of sp³-hybridized carbons (Fsp3) is 0.333. The number of aromatic nitrogens is 3. The first-order chi connectivity index (χ1) is 11.0. The average Bonchev–Trinajstić information content (AvgIpc) is 3.14. The van der Waals surface area contributed by atoms with Gasteiger partial charge in [0, 0.05) is 12.6 Å². The molecule has 2 aromatic rings. The number of nitrogens with zero attached hydrogens (tertiary/aromatic N) is 4. The summed E-state index contributed by atoms with van der Waals surface area (Å²) in [6, 6.07) is 5.17. The molecule has 0 radical (unpaired) electrons. The van der Waals surface area contributed by atoms with Crippen molar-refractivity contribution in [1.29, 1.82) is 0 Å². The maximum absolute atomic E-state index is 12.9. The lowest BCUT2D eigenvalue weighted by Gasteiger charge is -2.22. The standard InChI is InChI=1S/C15H15FN4O3/c1-9-12(15(22)23)6-7-19(9)14(21)13-8-17-20(18-13)11-4-2-10(16)3-5-11/h2-5,8-9,12H,6-7H2,1H3,(H,22,23). The summed E-state index contributed by atoms with van der Waals surface area (Å²) in [6.45, 7) is 2.09. The Bertz CT molecular complexity index is 743. The van der Waals surface area contributed by atoms with Gasteiger partial charge in [0.15, 0.2) is 5.69 Å². The molecular formula is C15H15FN4O3. The van der Waals surface area contributed by atoms with Crippen molar-refractivity contribution in [3.63, 3.8) is 0 Å². The van der Waals surface area contributed by atoms with Gasteiger partial charge < -0.3 is 10.0 Å². The number of carboxylic acid groups (broad SMARTS) is 1. The van der Waals surface area contributed by atoms with Gasteiger partial charge in [0.2, 0.25) is 0 Å². The maximum Gasteiger partial charge on any atom is 0.308 e. The van der Waals surface area contributed by atoms with Gasteiger partial charge >= 0.3 is 5.97 Å². The minimum Gasteiger partial charge on any atom is -0.481 e. The molecule has 0 spiro atoms. The zero-order chi connectivity index (χ0) is 16.6. The van der Waals surface area contributed by atoms with Crippen molar-refractivity contribution in [2.24, 2.45) is 5.92 Å². The summed E-state index contributed by atoms with van der Waals surface area (Å²) >= 11 is 0. The molecule has 1 fully saturated rings. The molecule has 0 aliphatic carbocycles. The minimum atomic E-state index is -0.900. The van der Waals surface area contributed by atoms with Crippen LogP contribution in [0, 0.1) is 11.7 Å². The summed E-state index contributed by atoms with van der Waals surface area (Å²) in [4.78, 5) is 26.4. The highest BCUT2D eigenvalue weighted by molar-refractivity contribution is 5.93. The second-order valence-electron chi connectivity index (χ2n) is 5.47. The third kappa shape index (κ3) is 2.79. The molecule has 2 unspecified atom stereocenters. The molecule has 1 aliphatic rings. The normalized spacial score (nSPS) is 20.7. The Hall–Kier alpha value is -2.77. The summed E-state index contributed by atoms with van der Waals surface area (Å²) in [6.07, 6.45) is 1.75. The number of amides is 1. The quantitative estimate of drug-likeness (QED) is 0.922. The van der Waals surface area contributed by atoms with E-state index in [1.54, 1.807) is 6.92 Å². The molecule has 1 amide bonds. The molecule has 1 aromatic carbocycles. The molecule has 7 nitrogen and oxygen atoms in total. The van der Waals surface area contributed by atoms with Crippen LogP contribution < -0.4 is 0 Å². The molecule has 1 N–H and O–H groups in total.